The van der Waals surface area contributed by atoms with Gasteiger partial charge < -0.3 is 38.8 Å². The van der Waals surface area contributed by atoms with Crippen molar-refractivity contribution in [3.05, 3.63) is 4.91 Å². The predicted molar refractivity (Wildman–Crippen MR) is 166 cm³/mol. The van der Waals surface area contributed by atoms with Crippen molar-refractivity contribution in [2.75, 3.05) is 27.3 Å². The fraction of sp³-hybridized carbons (Fsp3) is 0.875. The summed E-state index contributed by atoms with van der Waals surface area (Å²) in [6, 6.07) is -0.344. The van der Waals surface area contributed by atoms with E-state index in [0.717, 1.165) is 0 Å². The summed E-state index contributed by atoms with van der Waals surface area (Å²) in [6.07, 6.45) is -5.73. The number of ketones is 2. The number of hydrogen-bond donors (Lipinski definition) is 3. The first-order valence-corrected chi connectivity index (χ1v) is 16.4. The van der Waals surface area contributed by atoms with Crippen molar-refractivity contribution in [3.8, 4) is 0 Å². The molecule has 0 amide bonds. The zero-order valence-corrected chi connectivity index (χ0v) is 29.2. The Bertz CT molecular complexity index is 1190. The normalized spacial score (nSPS) is 44.0. The Kier molecular flexibility index (Phi) is 12.8. The number of esters is 1. The Morgan fingerprint density at radius 2 is 1.70 bits per heavy atom. The quantitative estimate of drug-likeness (QED) is 0.217. The van der Waals surface area contributed by atoms with Crippen LogP contribution in [0.3, 0.4) is 0 Å². The van der Waals surface area contributed by atoms with Crippen molar-refractivity contribution in [2.24, 2.45) is 28.8 Å². The minimum atomic E-state index is -1.94. The molecule has 2 bridgehead atoms. The van der Waals surface area contributed by atoms with Gasteiger partial charge in [0.2, 0.25) is 0 Å². The van der Waals surface area contributed by atoms with Gasteiger partial charge in [0.05, 0.1) is 29.0 Å². The molecule has 0 saturated carbocycles. The van der Waals surface area contributed by atoms with Crippen LogP contribution in [-0.4, -0.2) is 130 Å². The molecule has 3 heterocycles. The summed E-state index contributed by atoms with van der Waals surface area (Å²) in [7, 11) is 3.65. The minimum absolute atomic E-state index is 0.0139. The standard InChI is InChI=1S/C32H54N3O12/c1-11-23-32(8,40)28-18(4)24(33-35(41)42)16(2)13-31(7,44-15-21(36)14-43-28)27(19(5)25(37)20(6)29(39)46-23)47-30-26(38)22(34(9)10)12-17(3)45-30/h16-20,22-23,26-28,30,38,40H,11-15H2,1-10H3,(H,41,42)/q+1/t16-,17-,18+,19+,20-,22+,23-,26-,27-,28-,30+,31-,32-/m1/s1. The SMILES string of the molecule is CC[C@H]1OC(=O)[C@H](C)C(=O)[C@H](C)[C@@H](O[C@@H]2O[C@H](C)C[C@H](N(C)C)[C@H]2O)[C@@]2(C)C[C@@H](C)C(=N[N+](=O)O)[C@H](C)[C@@H](OCC(=O)CO2)[C@]1(C)O. The van der Waals surface area contributed by atoms with Crippen LogP contribution < -0.4 is 0 Å². The fourth-order valence-corrected chi connectivity index (χ4v) is 7.44. The van der Waals surface area contributed by atoms with Gasteiger partial charge in [-0.2, -0.15) is 0 Å². The van der Waals surface area contributed by atoms with E-state index in [1.807, 2.05) is 25.9 Å². The maximum absolute atomic E-state index is 14.1. The highest BCUT2D eigenvalue weighted by molar-refractivity contribution is 6.00. The number of carbonyl (C=O) groups is 3. The van der Waals surface area contributed by atoms with E-state index in [2.05, 4.69) is 5.10 Å². The van der Waals surface area contributed by atoms with E-state index in [9.17, 15) is 34.7 Å². The van der Waals surface area contributed by atoms with Crippen LogP contribution in [-0.2, 0) is 38.1 Å². The third-order valence-electron chi connectivity index (χ3n) is 10.0. The molecule has 3 N–H and O–H groups in total. The first-order chi connectivity index (χ1) is 21.7. The summed E-state index contributed by atoms with van der Waals surface area (Å²) < 4.78 is 30.7. The highest BCUT2D eigenvalue weighted by Crippen LogP contribution is 2.40. The molecule has 268 valence electrons. The maximum atomic E-state index is 14.1. The van der Waals surface area contributed by atoms with Crippen LogP contribution in [0.4, 0.5) is 0 Å². The maximum Gasteiger partial charge on any atom is 0.387 e. The number of hydrogen-bond acceptors (Lipinski definition) is 12. The molecule has 3 aliphatic heterocycles. The van der Waals surface area contributed by atoms with Crippen molar-refractivity contribution in [1.82, 2.24) is 4.90 Å². The second kappa shape index (κ2) is 15.4. The molecule has 47 heavy (non-hydrogen) atoms. The van der Waals surface area contributed by atoms with Crippen molar-refractivity contribution < 1.29 is 58.5 Å². The topological polar surface area (TPSA) is 194 Å². The fourth-order valence-electron chi connectivity index (χ4n) is 7.44. The van der Waals surface area contributed by atoms with Gasteiger partial charge in [-0.3, -0.25) is 14.4 Å². The molecular formula is C32H54N3O12+. The van der Waals surface area contributed by atoms with Crippen LogP contribution in [0.2, 0.25) is 0 Å². The van der Waals surface area contributed by atoms with Gasteiger partial charge in [-0.15, -0.1) is 0 Å². The molecular weight excluding hydrogens is 618 g/mol. The number of fused-ring (bicyclic) bond motifs is 5. The van der Waals surface area contributed by atoms with E-state index in [4.69, 9.17) is 23.7 Å². The zero-order chi connectivity index (χ0) is 35.6. The van der Waals surface area contributed by atoms with Gasteiger partial charge in [0.15, 0.2) is 17.9 Å². The summed E-state index contributed by atoms with van der Waals surface area (Å²) in [4.78, 5) is 54.7. The van der Waals surface area contributed by atoms with Gasteiger partial charge in [0.1, 0.15) is 47.6 Å². The van der Waals surface area contributed by atoms with Gasteiger partial charge in [-0.1, -0.05) is 27.7 Å². The lowest BCUT2D eigenvalue weighted by Crippen LogP contribution is -2.60. The van der Waals surface area contributed by atoms with Crippen molar-refractivity contribution in [1.29, 1.82) is 0 Å². The zero-order valence-electron chi connectivity index (χ0n) is 29.2. The molecule has 0 radical (unpaired) electrons. The summed E-state index contributed by atoms with van der Waals surface area (Å²) in [5.41, 5.74) is -3.35. The Balaban J connectivity index is 2.29. The van der Waals surface area contributed by atoms with E-state index in [0.29, 0.717) is 6.42 Å². The number of nitrogens with zero attached hydrogens (tertiary/aromatic N) is 3. The molecule has 0 spiro atoms. The molecule has 3 fully saturated rings. The number of hydrazone groups is 1. The van der Waals surface area contributed by atoms with Crippen LogP contribution in [0.25, 0.3) is 0 Å². The predicted octanol–water partition coefficient (Wildman–Crippen LogP) is 1.65. The largest absolute Gasteiger partial charge is 0.459 e. The van der Waals surface area contributed by atoms with E-state index >= 15 is 0 Å². The Labute approximate surface area is 276 Å². The van der Waals surface area contributed by atoms with Gasteiger partial charge in [0.25, 0.3) is 0 Å². The number of ether oxygens (including phenoxy) is 5. The highest BCUT2D eigenvalue weighted by atomic mass is 16.7. The van der Waals surface area contributed by atoms with Gasteiger partial charge in [-0.05, 0) is 61.1 Å². The number of carbonyl (C=O) groups excluding carboxylic acids is 3. The number of Topliss-reactive ketones (excluding diaryl/α,β-unsaturated/α-hetero) is 2. The minimum Gasteiger partial charge on any atom is -0.459 e. The van der Waals surface area contributed by atoms with Gasteiger partial charge >= 0.3 is 11.0 Å². The van der Waals surface area contributed by atoms with Gasteiger partial charge in [0, 0.05) is 23.8 Å². The van der Waals surface area contributed by atoms with E-state index < -0.39 is 101 Å². The molecule has 15 nitrogen and oxygen atoms in total. The second-order valence-electron chi connectivity index (χ2n) is 14.1. The number of likely N-dealkylation sites (N-methyl/N-ethyl adjacent to an activating group) is 1. The molecule has 0 aliphatic carbocycles. The first kappa shape index (κ1) is 39.0. The lowest BCUT2D eigenvalue weighted by atomic mass is 9.74. The molecule has 15 heteroatoms. The summed E-state index contributed by atoms with van der Waals surface area (Å²) in [5, 5.41) is 36.3. The average Bonchev–Trinajstić information content (AvgIpc) is 3.00. The number of rotatable bonds is 5. The number of aliphatic hydroxyl groups excluding tert-OH is 1. The van der Waals surface area contributed by atoms with Crippen LogP contribution in [0.5, 0.6) is 0 Å². The third kappa shape index (κ3) is 8.61. The smallest absolute Gasteiger partial charge is 0.387 e. The van der Waals surface area contributed by atoms with E-state index in [-0.39, 0.29) is 30.7 Å². The Morgan fingerprint density at radius 3 is 2.28 bits per heavy atom. The third-order valence-corrected chi connectivity index (χ3v) is 10.0. The van der Waals surface area contributed by atoms with Crippen molar-refractivity contribution in [3.63, 3.8) is 0 Å². The van der Waals surface area contributed by atoms with Crippen LogP contribution in [0.1, 0.15) is 74.7 Å². The molecule has 0 aromatic rings. The summed E-state index contributed by atoms with van der Waals surface area (Å²) in [5.74, 6) is -5.92. The molecule has 0 unspecified atom stereocenters. The van der Waals surface area contributed by atoms with Crippen molar-refractivity contribution >= 4 is 23.2 Å². The Morgan fingerprint density at radius 1 is 1.06 bits per heavy atom. The second-order valence-corrected chi connectivity index (χ2v) is 14.1. The highest BCUT2D eigenvalue weighted by Gasteiger charge is 2.53. The average molecular weight is 673 g/mol. The summed E-state index contributed by atoms with van der Waals surface area (Å²) >= 11 is 0. The van der Waals surface area contributed by atoms with Gasteiger partial charge in [-0.25, -0.2) is 5.21 Å². The summed E-state index contributed by atoms with van der Waals surface area (Å²) in [6.45, 7) is 11.9. The monoisotopic (exact) mass is 672 g/mol. The molecule has 0 aromatic heterocycles. The number of cyclic esters (lactones) is 1. The lowest BCUT2D eigenvalue weighted by molar-refractivity contribution is -0.796. The Hall–Kier alpha value is -2.40. The van der Waals surface area contributed by atoms with Crippen LogP contribution in [0, 0.1) is 28.6 Å². The van der Waals surface area contributed by atoms with E-state index in [1.165, 1.54) is 13.8 Å². The van der Waals surface area contributed by atoms with Crippen LogP contribution >= 0.6 is 0 Å². The molecule has 3 rings (SSSR count). The van der Waals surface area contributed by atoms with E-state index in [1.54, 1.807) is 34.6 Å². The molecule has 13 atom stereocenters. The molecule has 3 aliphatic rings. The lowest BCUT2D eigenvalue weighted by Gasteiger charge is -2.47. The van der Waals surface area contributed by atoms with Crippen LogP contribution in [0.15, 0.2) is 5.10 Å². The number of aliphatic hydroxyl groups is 2. The van der Waals surface area contributed by atoms with Crippen molar-refractivity contribution in [2.45, 2.75) is 129 Å². The first-order valence-electron chi connectivity index (χ1n) is 16.4. The molecule has 0 aromatic carbocycles. The molecule has 3 saturated heterocycles.